The Morgan fingerprint density at radius 3 is 2.42 bits per heavy atom. The van der Waals surface area contributed by atoms with Crippen LogP contribution in [0.2, 0.25) is 0 Å². The van der Waals surface area contributed by atoms with Crippen molar-refractivity contribution in [1.29, 1.82) is 0 Å². The first-order chi connectivity index (χ1) is 15.7. The van der Waals surface area contributed by atoms with E-state index in [0.29, 0.717) is 36.9 Å². The predicted molar refractivity (Wildman–Crippen MR) is 130 cm³/mol. The third-order valence-electron chi connectivity index (χ3n) is 5.72. The quantitative estimate of drug-likeness (QED) is 0.351. The number of likely N-dealkylation sites (N-methyl/N-ethyl adjacent to an activating group) is 1. The van der Waals surface area contributed by atoms with E-state index in [9.17, 15) is 14.7 Å². The van der Waals surface area contributed by atoms with Crippen LogP contribution in [-0.4, -0.2) is 60.4 Å². The Bertz CT molecular complexity index is 1020. The molecule has 0 saturated carbocycles. The highest BCUT2D eigenvalue weighted by Crippen LogP contribution is 2.39. The van der Waals surface area contributed by atoms with Crippen molar-refractivity contribution in [2.24, 2.45) is 5.92 Å². The second kappa shape index (κ2) is 10.7. The Kier molecular flexibility index (Phi) is 7.92. The minimum Gasteiger partial charge on any atom is -0.507 e. The van der Waals surface area contributed by atoms with E-state index in [4.69, 9.17) is 4.74 Å². The fraction of sp³-hybridized carbons (Fsp3) is 0.407. The van der Waals surface area contributed by atoms with E-state index in [1.165, 1.54) is 5.56 Å². The van der Waals surface area contributed by atoms with Gasteiger partial charge in [0.15, 0.2) is 0 Å². The second-order valence-electron chi connectivity index (χ2n) is 9.12. The van der Waals surface area contributed by atoms with Gasteiger partial charge in [-0.1, -0.05) is 57.2 Å². The Morgan fingerprint density at radius 2 is 1.82 bits per heavy atom. The molecule has 1 heterocycles. The van der Waals surface area contributed by atoms with Gasteiger partial charge < -0.3 is 19.6 Å². The zero-order valence-electron chi connectivity index (χ0n) is 20.2. The summed E-state index contributed by atoms with van der Waals surface area (Å²) in [4.78, 5) is 29.7. The maximum atomic E-state index is 13.1. The molecule has 1 atom stereocenters. The molecule has 1 unspecified atom stereocenters. The van der Waals surface area contributed by atoms with E-state index in [1.807, 2.05) is 49.3 Å². The second-order valence-corrected chi connectivity index (χ2v) is 9.12. The number of carbonyl (C=O) groups is 2. The molecule has 1 amide bonds. The van der Waals surface area contributed by atoms with Gasteiger partial charge in [-0.3, -0.25) is 9.59 Å². The van der Waals surface area contributed by atoms with Gasteiger partial charge in [0.2, 0.25) is 0 Å². The van der Waals surface area contributed by atoms with Crippen LogP contribution < -0.4 is 4.74 Å². The molecule has 0 aromatic heterocycles. The summed E-state index contributed by atoms with van der Waals surface area (Å²) in [5.41, 5.74) is 2.54. The third-order valence-corrected chi connectivity index (χ3v) is 5.72. The summed E-state index contributed by atoms with van der Waals surface area (Å²) in [6.07, 6.45) is 0.893. The lowest BCUT2D eigenvalue weighted by Gasteiger charge is -2.26. The molecule has 0 bridgehead atoms. The fourth-order valence-corrected chi connectivity index (χ4v) is 3.85. The van der Waals surface area contributed by atoms with Gasteiger partial charge in [-0.2, -0.15) is 0 Å². The summed E-state index contributed by atoms with van der Waals surface area (Å²) in [5, 5.41) is 11.3. The van der Waals surface area contributed by atoms with E-state index in [-0.39, 0.29) is 11.3 Å². The number of ketones is 1. The molecule has 176 valence electrons. The van der Waals surface area contributed by atoms with Crippen molar-refractivity contribution >= 4 is 17.4 Å². The number of rotatable bonds is 9. The lowest BCUT2D eigenvalue weighted by molar-refractivity contribution is -0.140. The predicted octanol–water partition coefficient (Wildman–Crippen LogP) is 4.27. The van der Waals surface area contributed by atoms with Gasteiger partial charge in [0.1, 0.15) is 11.5 Å². The summed E-state index contributed by atoms with van der Waals surface area (Å²) in [6, 6.07) is 14.3. The number of nitrogens with zero attached hydrogens (tertiary/aromatic N) is 2. The Morgan fingerprint density at radius 1 is 1.12 bits per heavy atom. The minimum absolute atomic E-state index is 0.115. The van der Waals surface area contributed by atoms with Gasteiger partial charge in [-0.05, 0) is 49.7 Å². The van der Waals surface area contributed by atoms with E-state index >= 15 is 0 Å². The van der Waals surface area contributed by atoms with Crippen LogP contribution in [0, 0.1) is 5.92 Å². The molecule has 2 aromatic rings. The minimum atomic E-state index is -0.663. The van der Waals surface area contributed by atoms with Crippen LogP contribution in [0.1, 0.15) is 43.5 Å². The van der Waals surface area contributed by atoms with Crippen LogP contribution in [0.25, 0.3) is 5.76 Å². The van der Waals surface area contributed by atoms with Crippen LogP contribution in [0.3, 0.4) is 0 Å². The SMILES string of the molecule is CCc1ccc(C2/C(=C(/O)c3cccc(OCC(C)C)c3)C(=O)C(=O)N2CCN(C)C)cc1. The van der Waals surface area contributed by atoms with Crippen LogP contribution >= 0.6 is 0 Å². The van der Waals surface area contributed by atoms with Crippen molar-refractivity contribution in [1.82, 2.24) is 9.80 Å². The van der Waals surface area contributed by atoms with Gasteiger partial charge >= 0.3 is 0 Å². The van der Waals surface area contributed by atoms with Crippen LogP contribution in [-0.2, 0) is 16.0 Å². The highest BCUT2D eigenvalue weighted by molar-refractivity contribution is 6.46. The zero-order chi connectivity index (χ0) is 24.1. The average Bonchev–Trinajstić information content (AvgIpc) is 3.06. The molecule has 33 heavy (non-hydrogen) atoms. The summed E-state index contributed by atoms with van der Waals surface area (Å²) >= 11 is 0. The van der Waals surface area contributed by atoms with Crippen molar-refractivity contribution in [3.05, 3.63) is 70.8 Å². The Labute approximate surface area is 196 Å². The smallest absolute Gasteiger partial charge is 0.295 e. The van der Waals surface area contributed by atoms with Gasteiger partial charge in [0.25, 0.3) is 11.7 Å². The highest BCUT2D eigenvalue weighted by atomic mass is 16.5. The molecular formula is C27H34N2O4. The fourth-order valence-electron chi connectivity index (χ4n) is 3.85. The van der Waals surface area contributed by atoms with Crippen LogP contribution in [0.4, 0.5) is 0 Å². The number of benzene rings is 2. The summed E-state index contributed by atoms with van der Waals surface area (Å²) in [7, 11) is 3.84. The molecule has 1 aliphatic heterocycles. The highest BCUT2D eigenvalue weighted by Gasteiger charge is 2.45. The number of hydrogen-bond donors (Lipinski definition) is 1. The lowest BCUT2D eigenvalue weighted by Crippen LogP contribution is -2.35. The van der Waals surface area contributed by atoms with E-state index in [1.54, 1.807) is 23.1 Å². The van der Waals surface area contributed by atoms with Gasteiger partial charge in [-0.25, -0.2) is 0 Å². The van der Waals surface area contributed by atoms with Crippen molar-refractivity contribution < 1.29 is 19.4 Å². The molecule has 1 saturated heterocycles. The average molecular weight is 451 g/mol. The van der Waals surface area contributed by atoms with Crippen molar-refractivity contribution in [3.63, 3.8) is 0 Å². The summed E-state index contributed by atoms with van der Waals surface area (Å²) in [5.74, 6) is -0.464. The first-order valence-electron chi connectivity index (χ1n) is 11.5. The van der Waals surface area contributed by atoms with E-state index in [2.05, 4.69) is 20.8 Å². The molecule has 3 rings (SSSR count). The zero-order valence-corrected chi connectivity index (χ0v) is 20.2. The maximum Gasteiger partial charge on any atom is 0.295 e. The first-order valence-corrected chi connectivity index (χ1v) is 11.5. The van der Waals surface area contributed by atoms with E-state index in [0.717, 1.165) is 12.0 Å². The molecular weight excluding hydrogens is 416 g/mol. The molecule has 1 fully saturated rings. The van der Waals surface area contributed by atoms with Crippen LogP contribution in [0.15, 0.2) is 54.1 Å². The van der Waals surface area contributed by atoms with Crippen molar-refractivity contribution in [3.8, 4) is 5.75 Å². The molecule has 6 nitrogen and oxygen atoms in total. The first kappa shape index (κ1) is 24.5. The lowest BCUT2D eigenvalue weighted by atomic mass is 9.94. The van der Waals surface area contributed by atoms with Crippen molar-refractivity contribution in [2.45, 2.75) is 33.2 Å². The van der Waals surface area contributed by atoms with E-state index < -0.39 is 17.7 Å². The van der Waals surface area contributed by atoms with Crippen LogP contribution in [0.5, 0.6) is 5.75 Å². The van der Waals surface area contributed by atoms with Gasteiger partial charge in [0.05, 0.1) is 18.2 Å². The summed E-state index contributed by atoms with van der Waals surface area (Å²) < 4.78 is 5.79. The molecule has 0 spiro atoms. The van der Waals surface area contributed by atoms with Crippen molar-refractivity contribution in [2.75, 3.05) is 33.8 Å². The topological polar surface area (TPSA) is 70.1 Å². The summed E-state index contributed by atoms with van der Waals surface area (Å²) in [6.45, 7) is 7.72. The Hall–Kier alpha value is -3.12. The van der Waals surface area contributed by atoms with Gasteiger partial charge in [-0.15, -0.1) is 0 Å². The monoisotopic (exact) mass is 450 g/mol. The normalized spacial score (nSPS) is 17.9. The Balaban J connectivity index is 2.07. The number of amides is 1. The molecule has 2 aromatic carbocycles. The number of carbonyl (C=O) groups excluding carboxylic acids is 2. The number of Topliss-reactive ketones (excluding diaryl/α,β-unsaturated/α-hetero) is 1. The largest absolute Gasteiger partial charge is 0.507 e. The number of aliphatic hydroxyl groups is 1. The number of aliphatic hydroxyl groups excluding tert-OH is 1. The number of likely N-dealkylation sites (tertiary alicyclic amines) is 1. The number of aryl methyl sites for hydroxylation is 1. The molecule has 0 radical (unpaired) electrons. The standard InChI is InChI=1S/C27H34N2O4/c1-6-19-10-12-20(13-11-19)24-23(26(31)27(32)29(24)15-14-28(4)5)25(30)21-8-7-9-22(16-21)33-17-18(2)3/h7-13,16,18,24,30H,6,14-15,17H2,1-5H3/b25-23-. The molecule has 0 aliphatic carbocycles. The molecule has 1 N–H and O–H groups in total. The maximum absolute atomic E-state index is 13.1. The third kappa shape index (κ3) is 5.63. The van der Waals surface area contributed by atoms with Gasteiger partial charge in [0, 0.05) is 18.7 Å². The number of ether oxygens (including phenoxy) is 1. The molecule has 1 aliphatic rings. The molecule has 6 heteroatoms. The number of hydrogen-bond acceptors (Lipinski definition) is 5.